The van der Waals surface area contributed by atoms with E-state index >= 15 is 0 Å². The summed E-state index contributed by atoms with van der Waals surface area (Å²) in [5.41, 5.74) is 8.51. The summed E-state index contributed by atoms with van der Waals surface area (Å²) in [5.74, 6) is 1.72. The van der Waals surface area contributed by atoms with Crippen LogP contribution in [-0.4, -0.2) is 14.2 Å². The molecular weight excluding hydrogens is 190 g/mol. The lowest BCUT2D eigenvalue weighted by Gasteiger charge is -2.24. The Morgan fingerprint density at radius 1 is 1.27 bits per heavy atom. The third-order valence-corrected chi connectivity index (χ3v) is 3.01. The molecule has 0 saturated carbocycles. The minimum atomic E-state index is 0.123. The van der Waals surface area contributed by atoms with E-state index in [1.165, 1.54) is 11.1 Å². The number of nitrogens with two attached hydrogens (primary N) is 1. The van der Waals surface area contributed by atoms with Gasteiger partial charge in [0.05, 0.1) is 14.2 Å². The van der Waals surface area contributed by atoms with Crippen LogP contribution < -0.4 is 15.2 Å². The quantitative estimate of drug-likeness (QED) is 0.807. The monoisotopic (exact) mass is 207 g/mol. The van der Waals surface area contributed by atoms with Crippen LogP contribution in [0.5, 0.6) is 11.5 Å². The summed E-state index contributed by atoms with van der Waals surface area (Å²) in [4.78, 5) is 0. The highest BCUT2D eigenvalue weighted by Gasteiger charge is 2.21. The molecule has 2 rings (SSSR count). The summed E-state index contributed by atoms with van der Waals surface area (Å²) in [7, 11) is 3.35. The van der Waals surface area contributed by atoms with Crippen molar-refractivity contribution in [3.8, 4) is 11.5 Å². The Labute approximate surface area is 90.2 Å². The van der Waals surface area contributed by atoms with Gasteiger partial charge >= 0.3 is 0 Å². The summed E-state index contributed by atoms with van der Waals surface area (Å²) < 4.78 is 10.6. The summed E-state index contributed by atoms with van der Waals surface area (Å²) in [6.45, 7) is 0. The van der Waals surface area contributed by atoms with E-state index in [0.717, 1.165) is 30.8 Å². The summed E-state index contributed by atoms with van der Waals surface area (Å²) in [5, 5.41) is 0. The molecule has 1 aromatic rings. The first-order valence-corrected chi connectivity index (χ1v) is 5.26. The topological polar surface area (TPSA) is 44.5 Å². The molecule has 1 atom stereocenters. The van der Waals surface area contributed by atoms with Crippen molar-refractivity contribution >= 4 is 0 Å². The fraction of sp³-hybridized carbons (Fsp3) is 0.500. The number of hydrogen-bond donors (Lipinski definition) is 1. The molecular formula is C12H17NO2. The predicted molar refractivity (Wildman–Crippen MR) is 59.4 cm³/mol. The van der Waals surface area contributed by atoms with Crippen molar-refractivity contribution in [1.82, 2.24) is 0 Å². The third kappa shape index (κ3) is 1.79. The first kappa shape index (κ1) is 10.3. The highest BCUT2D eigenvalue weighted by molar-refractivity contribution is 5.49. The molecule has 0 amide bonds. The molecule has 0 bridgehead atoms. The standard InChI is InChI=1S/C12H17NO2/c1-14-8-6-10-9(12(7-8)15-2)4-3-5-11(10)13/h6-7,11H,3-5,13H2,1-2H3/t11-/m1/s1. The second-order valence-electron chi connectivity index (χ2n) is 3.90. The van der Waals surface area contributed by atoms with Gasteiger partial charge in [-0.2, -0.15) is 0 Å². The summed E-state index contributed by atoms with van der Waals surface area (Å²) >= 11 is 0. The minimum absolute atomic E-state index is 0.123. The number of fused-ring (bicyclic) bond motifs is 1. The van der Waals surface area contributed by atoms with Crippen LogP contribution in [0.1, 0.15) is 30.0 Å². The first-order valence-electron chi connectivity index (χ1n) is 5.26. The van der Waals surface area contributed by atoms with Gasteiger partial charge in [0.1, 0.15) is 11.5 Å². The van der Waals surface area contributed by atoms with Crippen LogP contribution in [-0.2, 0) is 6.42 Å². The Morgan fingerprint density at radius 2 is 2.07 bits per heavy atom. The van der Waals surface area contributed by atoms with E-state index in [2.05, 4.69) is 0 Å². The Kier molecular flexibility index (Phi) is 2.82. The molecule has 0 aliphatic heterocycles. The molecule has 3 nitrogen and oxygen atoms in total. The molecule has 1 aliphatic rings. The van der Waals surface area contributed by atoms with Gasteiger partial charge in [0.15, 0.2) is 0 Å². The van der Waals surface area contributed by atoms with Crippen molar-refractivity contribution in [2.45, 2.75) is 25.3 Å². The minimum Gasteiger partial charge on any atom is -0.497 e. The van der Waals surface area contributed by atoms with Crippen LogP contribution in [0.25, 0.3) is 0 Å². The third-order valence-electron chi connectivity index (χ3n) is 3.01. The fourth-order valence-corrected chi connectivity index (χ4v) is 2.19. The van der Waals surface area contributed by atoms with E-state index in [9.17, 15) is 0 Å². The molecule has 0 saturated heterocycles. The van der Waals surface area contributed by atoms with Gasteiger partial charge in [0.25, 0.3) is 0 Å². The van der Waals surface area contributed by atoms with Gasteiger partial charge < -0.3 is 15.2 Å². The molecule has 2 N–H and O–H groups in total. The molecule has 0 radical (unpaired) electrons. The molecule has 1 aromatic carbocycles. The van der Waals surface area contributed by atoms with Gasteiger partial charge in [0, 0.05) is 12.1 Å². The molecule has 0 unspecified atom stereocenters. The largest absolute Gasteiger partial charge is 0.497 e. The molecule has 1 aliphatic carbocycles. The van der Waals surface area contributed by atoms with Gasteiger partial charge in [0.2, 0.25) is 0 Å². The van der Waals surface area contributed by atoms with Crippen LogP contribution in [0.15, 0.2) is 12.1 Å². The maximum atomic E-state index is 6.08. The van der Waals surface area contributed by atoms with Gasteiger partial charge in [-0.15, -0.1) is 0 Å². The lowest BCUT2D eigenvalue weighted by atomic mass is 9.87. The van der Waals surface area contributed by atoms with E-state index in [4.69, 9.17) is 15.2 Å². The predicted octanol–water partition coefficient (Wildman–Crippen LogP) is 2.04. The fourth-order valence-electron chi connectivity index (χ4n) is 2.19. The van der Waals surface area contributed by atoms with E-state index in [-0.39, 0.29) is 6.04 Å². The second-order valence-corrected chi connectivity index (χ2v) is 3.90. The molecule has 0 fully saturated rings. The summed E-state index contributed by atoms with van der Waals surface area (Å²) in [6, 6.07) is 4.08. The van der Waals surface area contributed by atoms with Crippen LogP contribution in [0.2, 0.25) is 0 Å². The van der Waals surface area contributed by atoms with Crippen molar-refractivity contribution < 1.29 is 9.47 Å². The van der Waals surface area contributed by atoms with E-state index in [0.29, 0.717) is 0 Å². The average molecular weight is 207 g/mol. The Balaban J connectivity index is 2.52. The number of methoxy groups -OCH3 is 2. The Morgan fingerprint density at radius 3 is 2.73 bits per heavy atom. The highest BCUT2D eigenvalue weighted by Crippen LogP contribution is 2.37. The van der Waals surface area contributed by atoms with Crippen LogP contribution in [0, 0.1) is 0 Å². The molecule has 15 heavy (non-hydrogen) atoms. The van der Waals surface area contributed by atoms with Gasteiger partial charge in [-0.1, -0.05) is 0 Å². The lowest BCUT2D eigenvalue weighted by molar-refractivity contribution is 0.384. The van der Waals surface area contributed by atoms with Gasteiger partial charge in [-0.05, 0) is 36.5 Å². The molecule has 82 valence electrons. The Bertz CT molecular complexity index is 363. The number of hydrogen-bond acceptors (Lipinski definition) is 3. The van der Waals surface area contributed by atoms with Crippen LogP contribution in [0.3, 0.4) is 0 Å². The number of benzene rings is 1. The van der Waals surface area contributed by atoms with Gasteiger partial charge in [-0.25, -0.2) is 0 Å². The number of ether oxygens (including phenoxy) is 2. The van der Waals surface area contributed by atoms with Crippen molar-refractivity contribution in [3.05, 3.63) is 23.3 Å². The Hall–Kier alpha value is -1.22. The van der Waals surface area contributed by atoms with Crippen LogP contribution >= 0.6 is 0 Å². The van der Waals surface area contributed by atoms with E-state index in [1.54, 1.807) is 14.2 Å². The van der Waals surface area contributed by atoms with Gasteiger partial charge in [-0.3, -0.25) is 0 Å². The van der Waals surface area contributed by atoms with Crippen molar-refractivity contribution in [1.29, 1.82) is 0 Å². The zero-order valence-corrected chi connectivity index (χ0v) is 9.25. The van der Waals surface area contributed by atoms with E-state index in [1.807, 2.05) is 12.1 Å². The zero-order valence-electron chi connectivity index (χ0n) is 9.25. The van der Waals surface area contributed by atoms with Crippen molar-refractivity contribution in [2.24, 2.45) is 5.73 Å². The lowest BCUT2D eigenvalue weighted by Crippen LogP contribution is -2.18. The average Bonchev–Trinajstić information content (AvgIpc) is 2.28. The normalized spacial score (nSPS) is 19.5. The smallest absolute Gasteiger partial charge is 0.126 e. The maximum absolute atomic E-state index is 6.08. The van der Waals surface area contributed by atoms with Crippen molar-refractivity contribution in [3.63, 3.8) is 0 Å². The molecule has 3 heteroatoms. The molecule has 0 aromatic heterocycles. The van der Waals surface area contributed by atoms with Crippen LogP contribution in [0.4, 0.5) is 0 Å². The first-order chi connectivity index (χ1) is 7.26. The molecule has 0 spiro atoms. The summed E-state index contributed by atoms with van der Waals surface area (Å²) in [6.07, 6.45) is 3.23. The van der Waals surface area contributed by atoms with E-state index < -0.39 is 0 Å². The SMILES string of the molecule is COc1cc(OC)c2c(c1)[C@H](N)CCC2. The number of rotatable bonds is 2. The molecule has 0 heterocycles. The zero-order chi connectivity index (χ0) is 10.8. The second kappa shape index (κ2) is 4.11. The highest BCUT2D eigenvalue weighted by atomic mass is 16.5. The maximum Gasteiger partial charge on any atom is 0.126 e. The van der Waals surface area contributed by atoms with Crippen molar-refractivity contribution in [2.75, 3.05) is 14.2 Å².